The summed E-state index contributed by atoms with van der Waals surface area (Å²) in [6.45, 7) is 0. The molecule has 1 heterocycles. The number of aromatic nitrogens is 2. The molecule has 0 aliphatic carbocycles. The van der Waals surface area contributed by atoms with Crippen LogP contribution in [0.4, 0.5) is 4.39 Å². The number of carboxylic acids is 1. The lowest BCUT2D eigenvalue weighted by atomic mass is 10.6. The van der Waals surface area contributed by atoms with Gasteiger partial charge in [0.2, 0.25) is 0 Å². The molecule has 0 saturated heterocycles. The molecular weight excluding hydrogens is 167 g/mol. The Hall–Kier alpha value is -1.72. The van der Waals surface area contributed by atoms with Crippen molar-refractivity contribution in [2.45, 2.75) is 6.36 Å². The molecule has 0 bridgehead atoms. The summed E-state index contributed by atoms with van der Waals surface area (Å²) in [5.74, 6) is -1.70. The van der Waals surface area contributed by atoms with E-state index < -0.39 is 12.3 Å². The number of nitrogens with zero attached hydrogens (tertiary/aromatic N) is 2. The van der Waals surface area contributed by atoms with E-state index in [1.807, 2.05) is 0 Å². The summed E-state index contributed by atoms with van der Waals surface area (Å²) in [4.78, 5) is 17.0. The zero-order chi connectivity index (χ0) is 8.97. The SMILES string of the molecule is O=C(O)C(F)Oc1cncnc1. The average Bonchev–Trinajstić information content (AvgIpc) is 2.06. The largest absolute Gasteiger partial charge is 0.476 e. The molecule has 0 radical (unpaired) electrons. The van der Waals surface area contributed by atoms with Crippen LogP contribution >= 0.6 is 0 Å². The van der Waals surface area contributed by atoms with Gasteiger partial charge in [0, 0.05) is 0 Å². The van der Waals surface area contributed by atoms with Crippen LogP contribution in [0.3, 0.4) is 0 Å². The number of halogens is 1. The van der Waals surface area contributed by atoms with E-state index >= 15 is 0 Å². The number of hydrogen-bond donors (Lipinski definition) is 1. The van der Waals surface area contributed by atoms with Crippen LogP contribution in [0.2, 0.25) is 0 Å². The summed E-state index contributed by atoms with van der Waals surface area (Å²) in [6, 6.07) is 0. The second-order valence-corrected chi connectivity index (χ2v) is 1.85. The molecular formula is C6H5FN2O3. The van der Waals surface area contributed by atoms with Crippen molar-refractivity contribution in [2.24, 2.45) is 0 Å². The summed E-state index contributed by atoms with van der Waals surface area (Å²) in [6.07, 6.45) is 1.18. The van der Waals surface area contributed by atoms with Gasteiger partial charge >= 0.3 is 12.3 Å². The summed E-state index contributed by atoms with van der Waals surface area (Å²) in [5.41, 5.74) is 0. The first-order valence-electron chi connectivity index (χ1n) is 2.98. The molecule has 0 fully saturated rings. The van der Waals surface area contributed by atoms with Crippen LogP contribution in [-0.2, 0) is 4.79 Å². The van der Waals surface area contributed by atoms with E-state index in [0.717, 1.165) is 0 Å². The third-order valence-corrected chi connectivity index (χ3v) is 0.971. The van der Waals surface area contributed by atoms with Crippen molar-refractivity contribution in [1.29, 1.82) is 0 Å². The first-order valence-corrected chi connectivity index (χ1v) is 2.98. The molecule has 1 rings (SSSR count). The molecule has 6 heteroatoms. The molecule has 0 saturated carbocycles. The monoisotopic (exact) mass is 172 g/mol. The number of hydrogen-bond acceptors (Lipinski definition) is 4. The van der Waals surface area contributed by atoms with Gasteiger partial charge in [-0.1, -0.05) is 0 Å². The third kappa shape index (κ3) is 2.15. The lowest BCUT2D eigenvalue weighted by Gasteiger charge is -2.04. The Kier molecular flexibility index (Phi) is 2.52. The lowest BCUT2D eigenvalue weighted by Crippen LogP contribution is -2.21. The number of ether oxygens (including phenoxy) is 1. The molecule has 64 valence electrons. The number of aliphatic carboxylic acids is 1. The fraction of sp³-hybridized carbons (Fsp3) is 0.167. The van der Waals surface area contributed by atoms with Crippen LogP contribution in [0.1, 0.15) is 0 Å². The molecule has 0 aromatic carbocycles. The molecule has 1 aromatic heterocycles. The molecule has 0 aliphatic rings. The van der Waals surface area contributed by atoms with Crippen molar-refractivity contribution in [2.75, 3.05) is 0 Å². The van der Waals surface area contributed by atoms with Crippen LogP contribution in [0, 0.1) is 0 Å². The van der Waals surface area contributed by atoms with Crippen molar-refractivity contribution >= 4 is 5.97 Å². The summed E-state index contributed by atoms with van der Waals surface area (Å²) in [7, 11) is 0. The van der Waals surface area contributed by atoms with Gasteiger partial charge in [0.15, 0.2) is 5.75 Å². The Morgan fingerprint density at radius 3 is 2.67 bits per heavy atom. The Morgan fingerprint density at radius 1 is 1.58 bits per heavy atom. The van der Waals surface area contributed by atoms with Gasteiger partial charge in [0.25, 0.3) is 0 Å². The van der Waals surface area contributed by atoms with Gasteiger partial charge in [-0.15, -0.1) is 0 Å². The van der Waals surface area contributed by atoms with Crippen molar-refractivity contribution in [3.63, 3.8) is 0 Å². The number of alkyl halides is 1. The average molecular weight is 172 g/mol. The fourth-order valence-electron chi connectivity index (χ4n) is 0.516. The van der Waals surface area contributed by atoms with E-state index in [4.69, 9.17) is 5.11 Å². The standard InChI is InChI=1S/C6H5FN2O3/c7-5(6(10)11)12-4-1-8-3-9-2-4/h1-3,5H,(H,10,11). The van der Waals surface area contributed by atoms with Crippen molar-refractivity contribution in [3.05, 3.63) is 18.7 Å². The minimum Gasteiger partial charge on any atom is -0.476 e. The lowest BCUT2D eigenvalue weighted by molar-refractivity contribution is -0.153. The first kappa shape index (κ1) is 8.38. The highest BCUT2D eigenvalue weighted by Crippen LogP contribution is 2.07. The van der Waals surface area contributed by atoms with Crippen LogP contribution < -0.4 is 4.74 Å². The Labute approximate surface area is 66.8 Å². The van der Waals surface area contributed by atoms with E-state index in [1.54, 1.807) is 0 Å². The molecule has 1 unspecified atom stereocenters. The maximum Gasteiger partial charge on any atom is 0.378 e. The number of carbonyl (C=O) groups is 1. The smallest absolute Gasteiger partial charge is 0.378 e. The fourth-order valence-corrected chi connectivity index (χ4v) is 0.516. The van der Waals surface area contributed by atoms with Crippen LogP contribution in [0.5, 0.6) is 5.75 Å². The van der Waals surface area contributed by atoms with Crippen molar-refractivity contribution in [1.82, 2.24) is 9.97 Å². The van der Waals surface area contributed by atoms with Gasteiger partial charge in [0.05, 0.1) is 12.4 Å². The Morgan fingerprint density at radius 2 is 2.17 bits per heavy atom. The normalized spacial score (nSPS) is 12.1. The quantitative estimate of drug-likeness (QED) is 0.706. The van der Waals surface area contributed by atoms with Gasteiger partial charge in [-0.05, 0) is 0 Å². The minimum absolute atomic E-state index is 0.0209. The van der Waals surface area contributed by atoms with E-state index in [2.05, 4.69) is 14.7 Å². The highest BCUT2D eigenvalue weighted by atomic mass is 19.1. The predicted octanol–water partition coefficient (Wildman–Crippen LogP) is 0.236. The summed E-state index contributed by atoms with van der Waals surface area (Å²) >= 11 is 0. The zero-order valence-corrected chi connectivity index (χ0v) is 5.85. The van der Waals surface area contributed by atoms with Crippen LogP contribution in [0.15, 0.2) is 18.7 Å². The number of carboxylic acid groups (broad SMARTS) is 1. The molecule has 0 amide bonds. The topological polar surface area (TPSA) is 72.3 Å². The van der Waals surface area contributed by atoms with E-state index in [9.17, 15) is 9.18 Å². The first-order chi connectivity index (χ1) is 5.70. The van der Waals surface area contributed by atoms with Crippen molar-refractivity contribution in [3.8, 4) is 5.75 Å². The maximum absolute atomic E-state index is 12.3. The zero-order valence-electron chi connectivity index (χ0n) is 5.85. The molecule has 1 N–H and O–H groups in total. The highest BCUT2D eigenvalue weighted by molar-refractivity contribution is 5.70. The number of rotatable bonds is 3. The summed E-state index contributed by atoms with van der Waals surface area (Å²) < 4.78 is 16.6. The van der Waals surface area contributed by atoms with E-state index in [-0.39, 0.29) is 5.75 Å². The molecule has 1 aromatic rings. The molecule has 1 atom stereocenters. The van der Waals surface area contributed by atoms with Gasteiger partial charge < -0.3 is 9.84 Å². The van der Waals surface area contributed by atoms with Gasteiger partial charge in [-0.25, -0.2) is 14.8 Å². The second kappa shape index (κ2) is 3.61. The van der Waals surface area contributed by atoms with Crippen LogP contribution in [0.25, 0.3) is 0 Å². The van der Waals surface area contributed by atoms with E-state index in [0.29, 0.717) is 0 Å². The second-order valence-electron chi connectivity index (χ2n) is 1.85. The molecule has 0 aliphatic heterocycles. The van der Waals surface area contributed by atoms with Gasteiger partial charge in [-0.2, -0.15) is 4.39 Å². The summed E-state index contributed by atoms with van der Waals surface area (Å²) in [5, 5.41) is 8.10. The predicted molar refractivity (Wildman–Crippen MR) is 35.2 cm³/mol. The highest BCUT2D eigenvalue weighted by Gasteiger charge is 2.16. The third-order valence-electron chi connectivity index (χ3n) is 0.971. The Balaban J connectivity index is 2.58. The van der Waals surface area contributed by atoms with E-state index in [1.165, 1.54) is 18.7 Å². The van der Waals surface area contributed by atoms with Gasteiger partial charge in [-0.3, -0.25) is 0 Å². The van der Waals surface area contributed by atoms with Gasteiger partial charge in [0.1, 0.15) is 6.33 Å². The molecule has 12 heavy (non-hydrogen) atoms. The maximum atomic E-state index is 12.3. The van der Waals surface area contributed by atoms with Crippen molar-refractivity contribution < 1.29 is 19.0 Å². The molecule has 0 spiro atoms. The minimum atomic E-state index is -2.38. The molecule has 5 nitrogen and oxygen atoms in total. The van der Waals surface area contributed by atoms with Crippen LogP contribution in [-0.4, -0.2) is 27.4 Å². The Bertz CT molecular complexity index is 267.